The number of thiazole rings is 1. The zero-order chi connectivity index (χ0) is 12.1. The lowest BCUT2D eigenvalue weighted by Gasteiger charge is -2.33. The monoisotopic (exact) mass is 253 g/mol. The Kier molecular flexibility index (Phi) is 4.95. The molecule has 0 spiro atoms. The molecular weight excluding hydrogens is 230 g/mol. The van der Waals surface area contributed by atoms with Crippen molar-refractivity contribution in [3.8, 4) is 0 Å². The topological polar surface area (TPSA) is 42.1 Å². The second-order valence-electron chi connectivity index (χ2n) is 4.88. The summed E-state index contributed by atoms with van der Waals surface area (Å²) in [7, 11) is 0. The first-order valence-corrected chi connectivity index (χ1v) is 7.57. The van der Waals surface area contributed by atoms with Crippen molar-refractivity contribution in [2.45, 2.75) is 38.6 Å². The van der Waals surface area contributed by atoms with Gasteiger partial charge in [-0.25, -0.2) is 0 Å². The standard InChI is InChI=1S/C13H23N3S/c1-2-6-16-7-4-3-5-11(8-14)13(16)12-9-15-10-17-12/h9-11,13H,2-8,14H2,1H3. The normalized spacial score (nSPS) is 26.9. The molecule has 0 amide bonds. The first kappa shape index (κ1) is 13.0. The van der Waals surface area contributed by atoms with Crippen LogP contribution in [0.4, 0.5) is 0 Å². The van der Waals surface area contributed by atoms with Gasteiger partial charge in [0.05, 0.1) is 5.51 Å². The van der Waals surface area contributed by atoms with Crippen LogP contribution >= 0.6 is 11.3 Å². The Morgan fingerprint density at radius 1 is 1.53 bits per heavy atom. The van der Waals surface area contributed by atoms with E-state index in [9.17, 15) is 0 Å². The Hall–Kier alpha value is -0.450. The van der Waals surface area contributed by atoms with E-state index in [2.05, 4.69) is 16.8 Å². The third-order valence-corrected chi connectivity index (χ3v) is 4.51. The van der Waals surface area contributed by atoms with E-state index >= 15 is 0 Å². The maximum Gasteiger partial charge on any atom is 0.0794 e. The molecule has 0 bridgehead atoms. The SMILES string of the molecule is CCCN1CCCCC(CN)C1c1cncs1. The van der Waals surface area contributed by atoms with Crippen molar-refractivity contribution in [1.82, 2.24) is 9.88 Å². The predicted octanol–water partition coefficient (Wildman–Crippen LogP) is 2.66. The highest BCUT2D eigenvalue weighted by Crippen LogP contribution is 2.36. The lowest BCUT2D eigenvalue weighted by molar-refractivity contribution is 0.161. The molecule has 4 heteroatoms. The number of hydrogen-bond acceptors (Lipinski definition) is 4. The van der Waals surface area contributed by atoms with Crippen LogP contribution in [-0.4, -0.2) is 29.5 Å². The fourth-order valence-electron chi connectivity index (χ4n) is 2.89. The summed E-state index contributed by atoms with van der Waals surface area (Å²) in [5, 5.41) is 0. The summed E-state index contributed by atoms with van der Waals surface area (Å²) in [6, 6.07) is 0.509. The Labute approximate surface area is 108 Å². The van der Waals surface area contributed by atoms with Crippen molar-refractivity contribution in [2.75, 3.05) is 19.6 Å². The van der Waals surface area contributed by atoms with E-state index in [-0.39, 0.29) is 0 Å². The minimum Gasteiger partial charge on any atom is -0.330 e. The fraction of sp³-hybridized carbons (Fsp3) is 0.769. The molecule has 2 unspecified atom stereocenters. The van der Waals surface area contributed by atoms with Crippen molar-refractivity contribution in [3.63, 3.8) is 0 Å². The summed E-state index contributed by atoms with van der Waals surface area (Å²) in [6.45, 7) is 5.45. The molecule has 1 aromatic rings. The molecule has 1 fully saturated rings. The van der Waals surface area contributed by atoms with Crippen LogP contribution in [0.15, 0.2) is 11.7 Å². The van der Waals surface area contributed by atoms with Gasteiger partial charge in [-0.2, -0.15) is 0 Å². The fourth-order valence-corrected chi connectivity index (χ4v) is 3.73. The zero-order valence-electron chi connectivity index (χ0n) is 10.6. The summed E-state index contributed by atoms with van der Waals surface area (Å²) in [5.41, 5.74) is 7.93. The number of nitrogens with two attached hydrogens (primary N) is 1. The smallest absolute Gasteiger partial charge is 0.0794 e. The molecule has 0 aromatic carbocycles. The number of likely N-dealkylation sites (tertiary alicyclic amines) is 1. The summed E-state index contributed by atoms with van der Waals surface area (Å²) >= 11 is 1.78. The predicted molar refractivity (Wildman–Crippen MR) is 73.1 cm³/mol. The lowest BCUT2D eigenvalue weighted by Crippen LogP contribution is -2.35. The molecule has 1 saturated heterocycles. The van der Waals surface area contributed by atoms with Gasteiger partial charge in [-0.05, 0) is 44.8 Å². The van der Waals surface area contributed by atoms with Crippen LogP contribution in [-0.2, 0) is 0 Å². The number of rotatable bonds is 4. The van der Waals surface area contributed by atoms with Crippen LogP contribution in [0.5, 0.6) is 0 Å². The van der Waals surface area contributed by atoms with Gasteiger partial charge in [-0.15, -0.1) is 11.3 Å². The van der Waals surface area contributed by atoms with Crippen LogP contribution in [0, 0.1) is 5.92 Å². The van der Waals surface area contributed by atoms with Crippen LogP contribution in [0.3, 0.4) is 0 Å². The second kappa shape index (κ2) is 6.47. The molecule has 3 nitrogen and oxygen atoms in total. The number of aromatic nitrogens is 1. The first-order valence-electron chi connectivity index (χ1n) is 6.69. The van der Waals surface area contributed by atoms with Gasteiger partial charge in [0, 0.05) is 17.1 Å². The highest BCUT2D eigenvalue weighted by atomic mass is 32.1. The molecule has 0 saturated carbocycles. The summed E-state index contributed by atoms with van der Waals surface area (Å²) in [5.74, 6) is 0.601. The Balaban J connectivity index is 2.22. The molecule has 1 aromatic heterocycles. The second-order valence-corrected chi connectivity index (χ2v) is 5.79. The van der Waals surface area contributed by atoms with Gasteiger partial charge in [-0.3, -0.25) is 9.88 Å². The lowest BCUT2D eigenvalue weighted by atomic mass is 9.94. The molecule has 2 atom stereocenters. The largest absolute Gasteiger partial charge is 0.330 e. The third kappa shape index (κ3) is 3.06. The van der Waals surface area contributed by atoms with Crippen molar-refractivity contribution >= 4 is 11.3 Å². The van der Waals surface area contributed by atoms with E-state index in [1.54, 1.807) is 11.3 Å². The molecule has 96 valence electrons. The maximum atomic E-state index is 5.99. The van der Waals surface area contributed by atoms with Crippen LogP contribution < -0.4 is 5.73 Å². The Bertz CT molecular complexity index is 312. The van der Waals surface area contributed by atoms with Crippen molar-refractivity contribution in [2.24, 2.45) is 11.7 Å². The molecule has 2 N–H and O–H groups in total. The van der Waals surface area contributed by atoms with E-state index < -0.39 is 0 Å². The van der Waals surface area contributed by atoms with Gasteiger partial charge in [0.15, 0.2) is 0 Å². The van der Waals surface area contributed by atoms with E-state index in [1.807, 2.05) is 11.7 Å². The Morgan fingerprint density at radius 2 is 2.41 bits per heavy atom. The van der Waals surface area contributed by atoms with Crippen molar-refractivity contribution in [1.29, 1.82) is 0 Å². The summed E-state index contributed by atoms with van der Waals surface area (Å²) < 4.78 is 0. The molecule has 1 aliphatic heterocycles. The number of nitrogens with zero attached hydrogens (tertiary/aromatic N) is 2. The molecule has 2 heterocycles. The molecular formula is C13H23N3S. The van der Waals surface area contributed by atoms with Gasteiger partial charge in [0.2, 0.25) is 0 Å². The van der Waals surface area contributed by atoms with Crippen molar-refractivity contribution < 1.29 is 0 Å². The van der Waals surface area contributed by atoms with Gasteiger partial charge in [0.25, 0.3) is 0 Å². The minimum atomic E-state index is 0.509. The van der Waals surface area contributed by atoms with Crippen LogP contribution in [0.25, 0.3) is 0 Å². The number of hydrogen-bond donors (Lipinski definition) is 1. The average molecular weight is 253 g/mol. The average Bonchev–Trinajstić information content (AvgIpc) is 2.78. The van der Waals surface area contributed by atoms with E-state index in [0.29, 0.717) is 12.0 Å². The molecule has 2 rings (SSSR count). The highest BCUT2D eigenvalue weighted by molar-refractivity contribution is 7.09. The van der Waals surface area contributed by atoms with E-state index in [4.69, 9.17) is 5.73 Å². The molecule has 17 heavy (non-hydrogen) atoms. The van der Waals surface area contributed by atoms with Gasteiger partial charge in [-0.1, -0.05) is 13.3 Å². The minimum absolute atomic E-state index is 0.509. The zero-order valence-corrected chi connectivity index (χ0v) is 11.5. The van der Waals surface area contributed by atoms with E-state index in [1.165, 1.54) is 43.6 Å². The molecule has 0 radical (unpaired) electrons. The Morgan fingerprint density at radius 3 is 3.06 bits per heavy atom. The first-order chi connectivity index (χ1) is 8.36. The van der Waals surface area contributed by atoms with Gasteiger partial charge < -0.3 is 5.73 Å². The van der Waals surface area contributed by atoms with E-state index in [0.717, 1.165) is 6.54 Å². The summed E-state index contributed by atoms with van der Waals surface area (Å²) in [4.78, 5) is 8.26. The highest BCUT2D eigenvalue weighted by Gasteiger charge is 2.30. The summed E-state index contributed by atoms with van der Waals surface area (Å²) in [6.07, 6.45) is 7.14. The quantitative estimate of drug-likeness (QED) is 0.897. The molecule has 1 aliphatic rings. The third-order valence-electron chi connectivity index (χ3n) is 3.67. The van der Waals surface area contributed by atoms with Crippen LogP contribution in [0.1, 0.15) is 43.5 Å². The maximum absolute atomic E-state index is 5.99. The van der Waals surface area contributed by atoms with Crippen molar-refractivity contribution in [3.05, 3.63) is 16.6 Å². The van der Waals surface area contributed by atoms with Gasteiger partial charge in [0.1, 0.15) is 0 Å². The van der Waals surface area contributed by atoms with Gasteiger partial charge >= 0.3 is 0 Å². The van der Waals surface area contributed by atoms with Crippen LogP contribution in [0.2, 0.25) is 0 Å². The molecule has 0 aliphatic carbocycles.